The van der Waals surface area contributed by atoms with Gasteiger partial charge in [-0.3, -0.25) is 0 Å². The number of nitrogens with zero attached hydrogens (tertiary/aromatic N) is 1. The average Bonchev–Trinajstić information content (AvgIpc) is 3.30. The van der Waals surface area contributed by atoms with Crippen molar-refractivity contribution in [2.75, 3.05) is 26.2 Å². The van der Waals surface area contributed by atoms with Gasteiger partial charge in [-0.05, 0) is 56.0 Å². The zero-order valence-electron chi connectivity index (χ0n) is 15.2. The highest BCUT2D eigenvalue weighted by Gasteiger charge is 2.23. The van der Waals surface area contributed by atoms with Gasteiger partial charge >= 0.3 is 0 Å². The SMILES string of the molecule is CCN1CCC(CNS(=O)(=O)c2ccc(CNC3CCCC3)cc2)C1. The van der Waals surface area contributed by atoms with Gasteiger partial charge in [0.05, 0.1) is 4.90 Å². The molecule has 3 rings (SSSR count). The topological polar surface area (TPSA) is 61.4 Å². The molecule has 2 N–H and O–H groups in total. The molecule has 1 aromatic carbocycles. The molecule has 0 amide bonds. The van der Waals surface area contributed by atoms with E-state index in [9.17, 15) is 8.42 Å². The Hall–Kier alpha value is -0.950. The predicted octanol–water partition coefficient (Wildman–Crippen LogP) is 2.34. The van der Waals surface area contributed by atoms with Crippen LogP contribution in [0.5, 0.6) is 0 Å². The van der Waals surface area contributed by atoms with E-state index in [1.54, 1.807) is 12.1 Å². The maximum Gasteiger partial charge on any atom is 0.240 e. The molecule has 0 spiro atoms. The van der Waals surface area contributed by atoms with Gasteiger partial charge in [0.15, 0.2) is 0 Å². The van der Waals surface area contributed by atoms with Crippen LogP contribution in [-0.2, 0) is 16.6 Å². The lowest BCUT2D eigenvalue weighted by Gasteiger charge is -2.14. The molecule has 1 aliphatic heterocycles. The summed E-state index contributed by atoms with van der Waals surface area (Å²) in [5.74, 6) is 0.421. The van der Waals surface area contributed by atoms with E-state index >= 15 is 0 Å². The Kier molecular flexibility index (Phi) is 6.49. The molecule has 25 heavy (non-hydrogen) atoms. The van der Waals surface area contributed by atoms with Gasteiger partial charge in [-0.2, -0.15) is 0 Å². The minimum absolute atomic E-state index is 0.363. The molecular weight excluding hydrogens is 334 g/mol. The van der Waals surface area contributed by atoms with Gasteiger partial charge in [0.25, 0.3) is 0 Å². The van der Waals surface area contributed by atoms with Crippen LogP contribution >= 0.6 is 0 Å². The zero-order valence-corrected chi connectivity index (χ0v) is 16.0. The summed E-state index contributed by atoms with van der Waals surface area (Å²) >= 11 is 0. The number of nitrogens with one attached hydrogen (secondary N) is 2. The van der Waals surface area contributed by atoms with Gasteiger partial charge in [0.1, 0.15) is 0 Å². The van der Waals surface area contributed by atoms with Crippen LogP contribution in [0.1, 0.15) is 44.6 Å². The van der Waals surface area contributed by atoms with E-state index in [0.29, 0.717) is 23.4 Å². The summed E-state index contributed by atoms with van der Waals surface area (Å²) < 4.78 is 27.7. The summed E-state index contributed by atoms with van der Waals surface area (Å²) in [5, 5.41) is 3.56. The number of rotatable bonds is 8. The lowest BCUT2D eigenvalue weighted by Crippen LogP contribution is -2.31. The van der Waals surface area contributed by atoms with Crippen molar-refractivity contribution in [1.29, 1.82) is 0 Å². The third-order valence-corrected chi connectivity index (χ3v) is 7.00. The number of hydrogen-bond acceptors (Lipinski definition) is 4. The van der Waals surface area contributed by atoms with Crippen molar-refractivity contribution < 1.29 is 8.42 Å². The Morgan fingerprint density at radius 3 is 2.48 bits per heavy atom. The van der Waals surface area contributed by atoms with Crippen molar-refractivity contribution in [3.05, 3.63) is 29.8 Å². The van der Waals surface area contributed by atoms with Crippen LogP contribution in [0, 0.1) is 5.92 Å². The second kappa shape index (κ2) is 8.62. The normalized spacial score (nSPS) is 22.7. The smallest absolute Gasteiger partial charge is 0.240 e. The van der Waals surface area contributed by atoms with Gasteiger partial charge in [-0.1, -0.05) is 31.9 Å². The molecule has 0 aromatic heterocycles. The molecule has 1 saturated carbocycles. The summed E-state index contributed by atoms with van der Waals surface area (Å²) in [6.45, 7) is 6.60. The second-order valence-corrected chi connectivity index (χ2v) is 9.17. The van der Waals surface area contributed by atoms with Crippen molar-refractivity contribution in [1.82, 2.24) is 14.9 Å². The first-order valence-electron chi connectivity index (χ1n) is 9.61. The summed E-state index contributed by atoms with van der Waals surface area (Å²) in [5.41, 5.74) is 1.14. The first kappa shape index (κ1) is 18.8. The molecule has 1 saturated heterocycles. The van der Waals surface area contributed by atoms with Gasteiger partial charge in [-0.15, -0.1) is 0 Å². The molecule has 1 unspecified atom stereocenters. The van der Waals surface area contributed by atoms with Crippen LogP contribution in [0.4, 0.5) is 0 Å². The third kappa shape index (κ3) is 5.26. The number of likely N-dealkylation sites (tertiary alicyclic amines) is 1. The number of hydrogen-bond donors (Lipinski definition) is 2. The van der Waals surface area contributed by atoms with Crippen LogP contribution < -0.4 is 10.0 Å². The van der Waals surface area contributed by atoms with Gasteiger partial charge in [-0.25, -0.2) is 13.1 Å². The minimum Gasteiger partial charge on any atom is -0.310 e. The number of benzene rings is 1. The van der Waals surface area contributed by atoms with Crippen LogP contribution in [-0.4, -0.2) is 45.5 Å². The fourth-order valence-electron chi connectivity index (χ4n) is 3.86. The van der Waals surface area contributed by atoms with E-state index in [1.165, 1.54) is 25.7 Å². The minimum atomic E-state index is -3.41. The van der Waals surface area contributed by atoms with E-state index in [2.05, 4.69) is 21.9 Å². The van der Waals surface area contributed by atoms with Gasteiger partial charge in [0.2, 0.25) is 10.0 Å². The lowest BCUT2D eigenvalue weighted by atomic mass is 10.1. The highest BCUT2D eigenvalue weighted by atomic mass is 32.2. The average molecular weight is 366 g/mol. The van der Waals surface area contributed by atoms with Crippen LogP contribution in [0.3, 0.4) is 0 Å². The molecule has 1 atom stereocenters. The molecule has 0 radical (unpaired) electrons. The monoisotopic (exact) mass is 365 g/mol. The highest BCUT2D eigenvalue weighted by Crippen LogP contribution is 2.19. The maximum atomic E-state index is 12.5. The fraction of sp³-hybridized carbons (Fsp3) is 0.684. The zero-order chi connectivity index (χ0) is 17.7. The van der Waals surface area contributed by atoms with Crippen molar-refractivity contribution >= 4 is 10.0 Å². The largest absolute Gasteiger partial charge is 0.310 e. The molecule has 6 heteroatoms. The first-order valence-corrected chi connectivity index (χ1v) is 11.1. The van der Waals surface area contributed by atoms with Crippen molar-refractivity contribution in [3.63, 3.8) is 0 Å². The van der Waals surface area contributed by atoms with Crippen LogP contribution in [0.25, 0.3) is 0 Å². The Balaban J connectivity index is 1.49. The van der Waals surface area contributed by atoms with Crippen LogP contribution in [0.15, 0.2) is 29.2 Å². The summed E-state index contributed by atoms with van der Waals surface area (Å²) in [6, 6.07) is 7.91. The second-order valence-electron chi connectivity index (χ2n) is 7.41. The van der Waals surface area contributed by atoms with Crippen LogP contribution in [0.2, 0.25) is 0 Å². The van der Waals surface area contributed by atoms with Gasteiger partial charge < -0.3 is 10.2 Å². The Bertz CT molecular complexity index is 639. The van der Waals surface area contributed by atoms with Crippen molar-refractivity contribution in [2.24, 2.45) is 5.92 Å². The molecule has 0 bridgehead atoms. The van der Waals surface area contributed by atoms with Crippen molar-refractivity contribution in [3.8, 4) is 0 Å². The third-order valence-electron chi connectivity index (χ3n) is 5.56. The first-order chi connectivity index (χ1) is 12.1. The molecule has 1 aliphatic carbocycles. The highest BCUT2D eigenvalue weighted by molar-refractivity contribution is 7.89. The Morgan fingerprint density at radius 2 is 1.84 bits per heavy atom. The molecule has 1 aromatic rings. The summed E-state index contributed by atoms with van der Waals surface area (Å²) in [7, 11) is -3.41. The van der Waals surface area contributed by atoms with E-state index < -0.39 is 10.0 Å². The number of sulfonamides is 1. The molecule has 2 aliphatic rings. The molecule has 140 valence electrons. The van der Waals surface area contributed by atoms with E-state index in [4.69, 9.17) is 0 Å². The molecule has 2 fully saturated rings. The lowest BCUT2D eigenvalue weighted by molar-refractivity contribution is 0.342. The Morgan fingerprint density at radius 1 is 1.12 bits per heavy atom. The molecular formula is C19H31N3O2S. The molecule has 5 nitrogen and oxygen atoms in total. The summed E-state index contributed by atoms with van der Waals surface area (Å²) in [4.78, 5) is 2.73. The fourth-order valence-corrected chi connectivity index (χ4v) is 4.97. The van der Waals surface area contributed by atoms with E-state index in [-0.39, 0.29) is 0 Å². The Labute approximate surface area is 152 Å². The maximum absolute atomic E-state index is 12.5. The predicted molar refractivity (Wildman–Crippen MR) is 101 cm³/mol. The standard InChI is InChI=1S/C19H31N3O2S/c1-2-22-12-11-17(15-22)14-21-25(23,24)19-9-7-16(8-10-19)13-20-18-5-3-4-6-18/h7-10,17-18,20-21H,2-6,11-15H2,1H3. The summed E-state index contributed by atoms with van der Waals surface area (Å²) in [6.07, 6.45) is 6.22. The quantitative estimate of drug-likeness (QED) is 0.742. The van der Waals surface area contributed by atoms with E-state index in [1.807, 2.05) is 12.1 Å². The van der Waals surface area contributed by atoms with E-state index in [0.717, 1.165) is 38.2 Å². The van der Waals surface area contributed by atoms with Gasteiger partial charge in [0, 0.05) is 25.7 Å². The van der Waals surface area contributed by atoms with Crippen molar-refractivity contribution in [2.45, 2.75) is 56.5 Å². The molecule has 1 heterocycles.